The van der Waals surface area contributed by atoms with E-state index in [9.17, 15) is 0 Å². The average Bonchev–Trinajstić information content (AvgIpc) is 2.78. The van der Waals surface area contributed by atoms with E-state index in [1.807, 2.05) is 18.2 Å². The smallest absolute Gasteiger partial charge is 0.106 e. The maximum atomic E-state index is 5.76. The number of para-hydroxylation sites is 1. The van der Waals surface area contributed by atoms with Crippen molar-refractivity contribution in [2.75, 3.05) is 31.7 Å². The Balaban J connectivity index is 2.16. The van der Waals surface area contributed by atoms with E-state index >= 15 is 0 Å². The summed E-state index contributed by atoms with van der Waals surface area (Å²) >= 11 is 5.09. The van der Waals surface area contributed by atoms with Crippen LogP contribution in [0, 0.1) is 5.92 Å². The molecule has 1 fully saturated rings. The lowest BCUT2D eigenvalue weighted by Crippen LogP contribution is -2.24. The molecule has 1 saturated heterocycles. The SMILES string of the molecule is COCC1CCN(c2ccccc2C(N)=S)C1. The van der Waals surface area contributed by atoms with E-state index in [1.165, 1.54) is 6.42 Å². The molecule has 92 valence electrons. The number of ether oxygens (including phenoxy) is 1. The maximum Gasteiger partial charge on any atom is 0.106 e. The highest BCUT2D eigenvalue weighted by atomic mass is 32.1. The van der Waals surface area contributed by atoms with Gasteiger partial charge in [-0.15, -0.1) is 0 Å². The normalized spacial score (nSPS) is 19.6. The topological polar surface area (TPSA) is 38.5 Å². The maximum absolute atomic E-state index is 5.76. The summed E-state index contributed by atoms with van der Waals surface area (Å²) in [6.45, 7) is 2.90. The van der Waals surface area contributed by atoms with Crippen molar-refractivity contribution < 1.29 is 4.74 Å². The molecule has 0 saturated carbocycles. The van der Waals surface area contributed by atoms with Crippen LogP contribution in [0.5, 0.6) is 0 Å². The molecule has 4 heteroatoms. The van der Waals surface area contributed by atoms with Gasteiger partial charge in [-0.05, 0) is 18.6 Å². The highest BCUT2D eigenvalue weighted by Crippen LogP contribution is 2.27. The van der Waals surface area contributed by atoms with Gasteiger partial charge in [-0.2, -0.15) is 0 Å². The first-order valence-electron chi connectivity index (χ1n) is 5.85. The summed E-state index contributed by atoms with van der Waals surface area (Å²) in [4.78, 5) is 2.81. The van der Waals surface area contributed by atoms with Gasteiger partial charge in [-0.3, -0.25) is 0 Å². The first kappa shape index (κ1) is 12.3. The van der Waals surface area contributed by atoms with E-state index in [-0.39, 0.29) is 0 Å². The minimum atomic E-state index is 0.468. The lowest BCUT2D eigenvalue weighted by Gasteiger charge is -2.21. The molecule has 0 aromatic heterocycles. The Morgan fingerprint density at radius 3 is 3.00 bits per heavy atom. The van der Waals surface area contributed by atoms with Crippen LogP contribution in [-0.2, 0) is 4.74 Å². The second-order valence-electron chi connectivity index (χ2n) is 4.44. The zero-order chi connectivity index (χ0) is 12.3. The second-order valence-corrected chi connectivity index (χ2v) is 4.88. The number of methoxy groups -OCH3 is 1. The molecule has 0 amide bonds. The van der Waals surface area contributed by atoms with Gasteiger partial charge in [0.25, 0.3) is 0 Å². The van der Waals surface area contributed by atoms with Gasteiger partial charge in [0.05, 0.1) is 6.61 Å². The first-order valence-corrected chi connectivity index (χ1v) is 6.26. The predicted molar refractivity (Wildman–Crippen MR) is 74.5 cm³/mol. The Kier molecular flexibility index (Phi) is 3.97. The van der Waals surface area contributed by atoms with Crippen LogP contribution in [0.3, 0.4) is 0 Å². The first-order chi connectivity index (χ1) is 8.22. The van der Waals surface area contributed by atoms with Crippen LogP contribution in [0.15, 0.2) is 24.3 Å². The Bertz CT molecular complexity index is 408. The molecule has 2 rings (SSSR count). The number of anilines is 1. The fourth-order valence-electron chi connectivity index (χ4n) is 2.38. The van der Waals surface area contributed by atoms with Crippen molar-refractivity contribution in [2.45, 2.75) is 6.42 Å². The summed E-state index contributed by atoms with van der Waals surface area (Å²) in [5.41, 5.74) is 7.88. The third-order valence-corrected chi connectivity index (χ3v) is 3.42. The number of thiocarbonyl (C=S) groups is 1. The number of nitrogens with zero attached hydrogens (tertiary/aromatic N) is 1. The lowest BCUT2D eigenvalue weighted by atomic mass is 10.1. The standard InChI is InChI=1S/C13H18N2OS/c1-16-9-10-6-7-15(8-10)12-5-3-2-4-11(12)13(14)17/h2-5,10H,6-9H2,1H3,(H2,14,17). The molecule has 1 atom stereocenters. The van der Waals surface area contributed by atoms with Gasteiger partial charge < -0.3 is 15.4 Å². The summed E-state index contributed by atoms with van der Waals surface area (Å²) in [6.07, 6.45) is 1.17. The minimum Gasteiger partial charge on any atom is -0.389 e. The van der Waals surface area contributed by atoms with E-state index in [4.69, 9.17) is 22.7 Å². The van der Waals surface area contributed by atoms with Crippen molar-refractivity contribution in [1.82, 2.24) is 0 Å². The molecule has 1 aromatic carbocycles. The van der Waals surface area contributed by atoms with Crippen molar-refractivity contribution >= 4 is 22.9 Å². The largest absolute Gasteiger partial charge is 0.389 e. The van der Waals surface area contributed by atoms with Gasteiger partial charge in [0, 0.05) is 37.4 Å². The van der Waals surface area contributed by atoms with Crippen LogP contribution in [-0.4, -0.2) is 31.8 Å². The van der Waals surface area contributed by atoms with E-state index in [2.05, 4.69) is 11.0 Å². The third-order valence-electron chi connectivity index (χ3n) is 3.20. The van der Waals surface area contributed by atoms with Crippen molar-refractivity contribution in [3.8, 4) is 0 Å². The molecular formula is C13H18N2OS. The van der Waals surface area contributed by atoms with Crippen LogP contribution >= 0.6 is 12.2 Å². The van der Waals surface area contributed by atoms with E-state index < -0.39 is 0 Å². The van der Waals surface area contributed by atoms with Crippen LogP contribution < -0.4 is 10.6 Å². The highest BCUT2D eigenvalue weighted by Gasteiger charge is 2.24. The number of rotatable bonds is 4. The van der Waals surface area contributed by atoms with Crippen molar-refractivity contribution in [1.29, 1.82) is 0 Å². The van der Waals surface area contributed by atoms with Gasteiger partial charge >= 0.3 is 0 Å². The molecule has 0 spiro atoms. The average molecular weight is 250 g/mol. The number of hydrogen-bond acceptors (Lipinski definition) is 3. The molecule has 3 nitrogen and oxygen atoms in total. The lowest BCUT2D eigenvalue weighted by molar-refractivity contribution is 0.161. The molecule has 0 bridgehead atoms. The molecule has 1 aliphatic heterocycles. The van der Waals surface area contributed by atoms with Gasteiger partial charge in [0.2, 0.25) is 0 Å². The van der Waals surface area contributed by atoms with Crippen molar-refractivity contribution in [3.05, 3.63) is 29.8 Å². The molecule has 1 aliphatic rings. The molecule has 1 heterocycles. The Morgan fingerprint density at radius 1 is 1.53 bits per heavy atom. The van der Waals surface area contributed by atoms with Crippen molar-refractivity contribution in [2.24, 2.45) is 11.7 Å². The molecule has 0 radical (unpaired) electrons. The van der Waals surface area contributed by atoms with Gasteiger partial charge in [-0.25, -0.2) is 0 Å². The number of hydrogen-bond donors (Lipinski definition) is 1. The van der Waals surface area contributed by atoms with Crippen molar-refractivity contribution in [3.63, 3.8) is 0 Å². The van der Waals surface area contributed by atoms with E-state index in [0.29, 0.717) is 10.9 Å². The summed E-state index contributed by atoms with van der Waals surface area (Å²) in [6, 6.07) is 8.08. The van der Waals surface area contributed by atoms with Gasteiger partial charge in [0.1, 0.15) is 4.99 Å². The zero-order valence-electron chi connectivity index (χ0n) is 10.1. The number of benzene rings is 1. The zero-order valence-corrected chi connectivity index (χ0v) is 10.9. The summed E-state index contributed by atoms with van der Waals surface area (Å²) in [7, 11) is 1.76. The highest BCUT2D eigenvalue weighted by molar-refractivity contribution is 7.80. The monoisotopic (exact) mass is 250 g/mol. The molecule has 2 N–H and O–H groups in total. The van der Waals surface area contributed by atoms with Gasteiger partial charge in [-0.1, -0.05) is 24.4 Å². The molecular weight excluding hydrogens is 232 g/mol. The predicted octanol–water partition coefficient (Wildman–Crippen LogP) is 1.79. The summed E-state index contributed by atoms with van der Waals surface area (Å²) < 4.78 is 5.21. The third kappa shape index (κ3) is 2.76. The summed E-state index contributed by atoms with van der Waals surface area (Å²) in [5, 5.41) is 0. The Morgan fingerprint density at radius 2 is 2.29 bits per heavy atom. The van der Waals surface area contributed by atoms with Crippen LogP contribution in [0.4, 0.5) is 5.69 Å². The van der Waals surface area contributed by atoms with Crippen LogP contribution in [0.1, 0.15) is 12.0 Å². The second kappa shape index (κ2) is 5.47. The van der Waals surface area contributed by atoms with Gasteiger partial charge in [0.15, 0.2) is 0 Å². The van der Waals surface area contributed by atoms with Crippen LogP contribution in [0.25, 0.3) is 0 Å². The minimum absolute atomic E-state index is 0.468. The quantitative estimate of drug-likeness (QED) is 0.827. The summed E-state index contributed by atoms with van der Waals surface area (Å²) in [5.74, 6) is 0.611. The van der Waals surface area contributed by atoms with Crippen LogP contribution in [0.2, 0.25) is 0 Å². The van der Waals surface area contributed by atoms with E-state index in [0.717, 1.165) is 30.9 Å². The molecule has 0 aliphatic carbocycles. The Hall–Kier alpha value is -1.13. The van der Waals surface area contributed by atoms with E-state index in [1.54, 1.807) is 7.11 Å². The Labute approximate surface area is 108 Å². The molecule has 1 unspecified atom stereocenters. The fraction of sp³-hybridized carbons (Fsp3) is 0.462. The number of nitrogens with two attached hydrogens (primary N) is 1. The molecule has 1 aromatic rings. The fourth-order valence-corrected chi connectivity index (χ4v) is 2.55. The molecule has 17 heavy (non-hydrogen) atoms.